The molecule has 0 aliphatic carbocycles. The monoisotopic (exact) mass is 274 g/mol. The minimum absolute atomic E-state index is 0.0622. The summed E-state index contributed by atoms with van der Waals surface area (Å²) in [5.74, 6) is -0.452. The first-order valence-electron chi connectivity index (χ1n) is 5.03. The zero-order chi connectivity index (χ0) is 12.8. The zero-order valence-corrected chi connectivity index (χ0v) is 11.2. The summed E-state index contributed by atoms with van der Waals surface area (Å²) in [5, 5.41) is 13.0. The molecule has 17 heavy (non-hydrogen) atoms. The Hall–Kier alpha value is -1.08. The van der Waals surface area contributed by atoms with Crippen molar-refractivity contribution in [3.8, 4) is 0 Å². The van der Waals surface area contributed by atoms with Gasteiger partial charge in [-0.2, -0.15) is 11.8 Å². The second-order valence-electron chi connectivity index (χ2n) is 3.50. The van der Waals surface area contributed by atoms with Crippen molar-refractivity contribution in [2.24, 2.45) is 0 Å². The van der Waals surface area contributed by atoms with Gasteiger partial charge < -0.3 is 10.4 Å². The summed E-state index contributed by atoms with van der Waals surface area (Å²) in [7, 11) is 0. The molecule has 0 aliphatic heterocycles. The summed E-state index contributed by atoms with van der Waals surface area (Å²) in [4.78, 5) is 26.0. The van der Waals surface area contributed by atoms with Crippen LogP contribution in [0, 0.1) is 0 Å². The summed E-state index contributed by atoms with van der Waals surface area (Å²) >= 11 is 2.76. The Kier molecular flexibility index (Phi) is 5.43. The van der Waals surface area contributed by atoms with Crippen molar-refractivity contribution in [1.82, 2.24) is 10.3 Å². The van der Waals surface area contributed by atoms with Gasteiger partial charge in [0.1, 0.15) is 0 Å². The average Bonchev–Trinajstić information content (AvgIpc) is 2.75. The molecular weight excluding hydrogens is 260 g/mol. The molecule has 0 radical (unpaired) electrons. The number of carboxylic acids is 1. The van der Waals surface area contributed by atoms with Gasteiger partial charge in [0.05, 0.1) is 0 Å². The van der Waals surface area contributed by atoms with Crippen LogP contribution in [-0.2, 0) is 0 Å². The molecule has 1 unspecified atom stereocenters. The molecule has 0 saturated heterocycles. The molecule has 0 fully saturated rings. The van der Waals surface area contributed by atoms with E-state index in [0.29, 0.717) is 0 Å². The van der Waals surface area contributed by atoms with Crippen molar-refractivity contribution in [3.63, 3.8) is 0 Å². The molecule has 7 heteroatoms. The van der Waals surface area contributed by atoms with E-state index in [9.17, 15) is 9.59 Å². The van der Waals surface area contributed by atoms with E-state index in [1.54, 1.807) is 11.8 Å². The minimum atomic E-state index is -1.12. The van der Waals surface area contributed by atoms with Gasteiger partial charge in [0.25, 0.3) is 5.91 Å². The Bertz CT molecular complexity index is 406. The molecule has 0 saturated carbocycles. The number of carbonyl (C=O) groups is 2. The van der Waals surface area contributed by atoms with E-state index in [-0.39, 0.29) is 22.7 Å². The van der Waals surface area contributed by atoms with Crippen LogP contribution in [0.3, 0.4) is 0 Å². The number of thioether (sulfide) groups is 1. The van der Waals surface area contributed by atoms with Crippen molar-refractivity contribution < 1.29 is 14.7 Å². The van der Waals surface area contributed by atoms with E-state index < -0.39 is 5.97 Å². The van der Waals surface area contributed by atoms with Crippen LogP contribution in [-0.4, -0.2) is 40.0 Å². The van der Waals surface area contributed by atoms with E-state index in [4.69, 9.17) is 5.11 Å². The van der Waals surface area contributed by atoms with Crippen molar-refractivity contribution in [2.45, 2.75) is 19.4 Å². The summed E-state index contributed by atoms with van der Waals surface area (Å²) in [5.41, 5.74) is -0.0862. The summed E-state index contributed by atoms with van der Waals surface area (Å²) in [6.45, 7) is 1.92. The number of carbonyl (C=O) groups excluding carboxylic acids is 1. The number of aromatic nitrogens is 1. The highest BCUT2D eigenvalue weighted by atomic mass is 32.2. The first-order valence-corrected chi connectivity index (χ1v) is 7.30. The number of nitrogens with zero attached hydrogens (tertiary/aromatic N) is 1. The maximum absolute atomic E-state index is 11.7. The van der Waals surface area contributed by atoms with Crippen LogP contribution in [0.4, 0.5) is 0 Å². The highest BCUT2D eigenvalue weighted by Crippen LogP contribution is 2.10. The third-order valence-electron chi connectivity index (χ3n) is 2.05. The van der Waals surface area contributed by atoms with E-state index >= 15 is 0 Å². The fourth-order valence-electron chi connectivity index (χ4n) is 1.13. The number of nitrogens with one attached hydrogen (secondary N) is 1. The predicted octanol–water partition coefficient (Wildman–Crippen LogP) is 1.71. The van der Waals surface area contributed by atoms with Crippen LogP contribution in [0.15, 0.2) is 5.38 Å². The van der Waals surface area contributed by atoms with Gasteiger partial charge >= 0.3 is 5.97 Å². The maximum atomic E-state index is 11.7. The van der Waals surface area contributed by atoms with Crippen molar-refractivity contribution in [2.75, 3.05) is 12.0 Å². The summed E-state index contributed by atoms with van der Waals surface area (Å²) < 4.78 is 0. The number of rotatable bonds is 6. The highest BCUT2D eigenvalue weighted by Gasteiger charge is 2.16. The Balaban J connectivity index is 2.54. The van der Waals surface area contributed by atoms with Gasteiger partial charge in [0, 0.05) is 11.4 Å². The molecule has 5 nitrogen and oxygen atoms in total. The zero-order valence-electron chi connectivity index (χ0n) is 9.60. The van der Waals surface area contributed by atoms with E-state index in [0.717, 1.165) is 23.5 Å². The molecule has 1 amide bonds. The van der Waals surface area contributed by atoms with Gasteiger partial charge in [-0.15, -0.1) is 11.3 Å². The molecular formula is C10H14N2O3S2. The van der Waals surface area contributed by atoms with E-state index in [1.807, 2.05) is 13.2 Å². The number of hydrogen-bond acceptors (Lipinski definition) is 5. The van der Waals surface area contributed by atoms with Crippen LogP contribution in [0.2, 0.25) is 0 Å². The number of hydrogen-bond donors (Lipinski definition) is 2. The SMILES string of the molecule is CSCCC(C)NC(=O)c1nc(C(=O)O)cs1. The lowest BCUT2D eigenvalue weighted by Gasteiger charge is -2.11. The fourth-order valence-corrected chi connectivity index (χ4v) is 2.41. The normalized spacial score (nSPS) is 12.1. The second-order valence-corrected chi connectivity index (χ2v) is 5.34. The van der Waals surface area contributed by atoms with Gasteiger partial charge in [0.2, 0.25) is 0 Å². The first kappa shape index (κ1) is 14.0. The van der Waals surface area contributed by atoms with Gasteiger partial charge in [-0.05, 0) is 25.4 Å². The standard InChI is InChI=1S/C10H14N2O3S2/c1-6(3-4-16-2)11-8(13)9-12-7(5-17-9)10(14)15/h5-6H,3-4H2,1-2H3,(H,11,13)(H,14,15). The van der Waals surface area contributed by atoms with Crippen molar-refractivity contribution in [3.05, 3.63) is 16.1 Å². The highest BCUT2D eigenvalue weighted by molar-refractivity contribution is 7.98. The molecule has 2 N–H and O–H groups in total. The van der Waals surface area contributed by atoms with Gasteiger partial charge in [-0.25, -0.2) is 9.78 Å². The topological polar surface area (TPSA) is 79.3 Å². The number of thiazole rings is 1. The third-order valence-corrected chi connectivity index (χ3v) is 3.54. The average molecular weight is 274 g/mol. The van der Waals surface area contributed by atoms with Gasteiger partial charge in [0.15, 0.2) is 10.7 Å². The van der Waals surface area contributed by atoms with Crippen molar-refractivity contribution in [1.29, 1.82) is 0 Å². The van der Waals surface area contributed by atoms with Crippen LogP contribution >= 0.6 is 23.1 Å². The van der Waals surface area contributed by atoms with E-state index in [2.05, 4.69) is 10.3 Å². The molecule has 0 aliphatic rings. The fraction of sp³-hybridized carbons (Fsp3) is 0.500. The summed E-state index contributed by atoms with van der Waals surface area (Å²) in [6.07, 6.45) is 2.89. The van der Waals surface area contributed by atoms with Crippen LogP contribution in [0.25, 0.3) is 0 Å². The first-order chi connectivity index (χ1) is 8.04. The molecule has 1 aromatic rings. The molecule has 0 aromatic carbocycles. The quantitative estimate of drug-likeness (QED) is 0.825. The molecule has 94 valence electrons. The Morgan fingerprint density at radius 3 is 2.88 bits per heavy atom. The van der Waals surface area contributed by atoms with Crippen LogP contribution in [0.1, 0.15) is 33.6 Å². The van der Waals surface area contributed by atoms with Gasteiger partial charge in [-0.1, -0.05) is 0 Å². The molecule has 1 rings (SSSR count). The maximum Gasteiger partial charge on any atom is 0.355 e. The Morgan fingerprint density at radius 2 is 2.35 bits per heavy atom. The minimum Gasteiger partial charge on any atom is -0.476 e. The smallest absolute Gasteiger partial charge is 0.355 e. The molecule has 1 aromatic heterocycles. The lowest BCUT2D eigenvalue weighted by molar-refractivity contribution is 0.0691. The van der Waals surface area contributed by atoms with Crippen LogP contribution < -0.4 is 5.32 Å². The Morgan fingerprint density at radius 1 is 1.65 bits per heavy atom. The number of aromatic carboxylic acids is 1. The molecule has 0 bridgehead atoms. The Labute approximate surface area is 108 Å². The molecule has 1 atom stereocenters. The predicted molar refractivity (Wildman–Crippen MR) is 69.0 cm³/mol. The lowest BCUT2D eigenvalue weighted by Crippen LogP contribution is -2.32. The number of amides is 1. The largest absolute Gasteiger partial charge is 0.476 e. The van der Waals surface area contributed by atoms with Crippen LogP contribution in [0.5, 0.6) is 0 Å². The van der Waals surface area contributed by atoms with Gasteiger partial charge in [-0.3, -0.25) is 4.79 Å². The lowest BCUT2D eigenvalue weighted by atomic mass is 10.2. The van der Waals surface area contributed by atoms with Crippen molar-refractivity contribution >= 4 is 35.0 Å². The third kappa shape index (κ3) is 4.35. The molecule has 1 heterocycles. The van der Waals surface area contributed by atoms with E-state index in [1.165, 1.54) is 5.38 Å². The molecule has 0 spiro atoms. The number of carboxylic acid groups (broad SMARTS) is 1. The summed E-state index contributed by atoms with van der Waals surface area (Å²) in [6, 6.07) is 0.0622. The second kappa shape index (κ2) is 6.61.